The van der Waals surface area contributed by atoms with Crippen LogP contribution in [0.2, 0.25) is 0 Å². The first-order valence-electron chi connectivity index (χ1n) is 9.14. The molecule has 0 aliphatic carbocycles. The molecule has 5 nitrogen and oxygen atoms in total. The Morgan fingerprint density at radius 2 is 2.07 bits per heavy atom. The van der Waals surface area contributed by atoms with E-state index < -0.39 is 8.03 Å². The second-order valence-electron chi connectivity index (χ2n) is 6.26. The van der Waals surface area contributed by atoms with E-state index in [-0.39, 0.29) is 5.91 Å². The molecule has 0 saturated heterocycles. The molecular weight excluding hydrogens is 403 g/mol. The van der Waals surface area contributed by atoms with Gasteiger partial charge in [-0.15, -0.1) is 15.9 Å². The molecule has 3 aromatic rings. The van der Waals surface area contributed by atoms with Gasteiger partial charge in [-0.2, -0.15) is 0 Å². The molecular formula is C22H22N2O3PS+. The quantitative estimate of drug-likeness (QED) is 0.266. The number of nitrogens with two attached hydrogens (primary N) is 1. The molecule has 0 fully saturated rings. The maximum Gasteiger partial charge on any atom is 0.512 e. The zero-order valence-electron chi connectivity index (χ0n) is 16.0. The predicted octanol–water partition coefficient (Wildman–Crippen LogP) is 5.93. The van der Waals surface area contributed by atoms with Crippen molar-refractivity contribution in [3.05, 3.63) is 77.2 Å². The number of carbonyl (C=O) groups excluding carboxylic acids is 1. The molecule has 0 aliphatic rings. The lowest BCUT2D eigenvalue weighted by atomic mass is 10.1. The molecule has 1 heterocycles. The van der Waals surface area contributed by atoms with Gasteiger partial charge >= 0.3 is 8.03 Å². The van der Waals surface area contributed by atoms with Crippen LogP contribution in [0.25, 0.3) is 16.5 Å². The fourth-order valence-electron chi connectivity index (χ4n) is 2.74. The lowest BCUT2D eigenvalue weighted by molar-refractivity contribution is -0.111. The molecule has 0 saturated carbocycles. The van der Waals surface area contributed by atoms with Gasteiger partial charge in [-0.1, -0.05) is 30.3 Å². The Bertz CT molecular complexity index is 1030. The van der Waals surface area contributed by atoms with Crippen molar-refractivity contribution in [1.29, 1.82) is 0 Å². The number of benzene rings is 2. The predicted molar refractivity (Wildman–Crippen MR) is 121 cm³/mol. The summed E-state index contributed by atoms with van der Waals surface area (Å²) >= 11 is 1.63. The molecule has 7 heteroatoms. The highest BCUT2D eigenvalue weighted by Crippen LogP contribution is 2.30. The molecule has 1 atom stereocenters. The summed E-state index contributed by atoms with van der Waals surface area (Å²) in [4.78, 5) is 13.5. The second-order valence-corrected chi connectivity index (χ2v) is 8.44. The zero-order chi connectivity index (χ0) is 20.6. The van der Waals surface area contributed by atoms with Crippen LogP contribution in [0.1, 0.15) is 18.1 Å². The summed E-state index contributed by atoms with van der Waals surface area (Å²) in [5.41, 5.74) is 9.85. The van der Waals surface area contributed by atoms with Gasteiger partial charge in [0, 0.05) is 16.5 Å². The number of hydrogen-bond donors (Lipinski definition) is 2. The molecule has 0 radical (unpaired) electrons. The largest absolute Gasteiger partial charge is 0.512 e. The van der Waals surface area contributed by atoms with Gasteiger partial charge in [0.05, 0.1) is 18.0 Å². The van der Waals surface area contributed by atoms with Crippen molar-refractivity contribution >= 4 is 42.7 Å². The van der Waals surface area contributed by atoms with Crippen molar-refractivity contribution in [1.82, 2.24) is 0 Å². The van der Waals surface area contributed by atoms with Gasteiger partial charge in [-0.3, -0.25) is 4.79 Å². The van der Waals surface area contributed by atoms with E-state index in [0.717, 1.165) is 21.6 Å². The van der Waals surface area contributed by atoms with Crippen LogP contribution in [0, 0.1) is 0 Å². The van der Waals surface area contributed by atoms with Crippen LogP contribution in [0.15, 0.2) is 66.1 Å². The van der Waals surface area contributed by atoms with Crippen LogP contribution >= 0.6 is 19.4 Å². The third-order valence-electron chi connectivity index (χ3n) is 4.08. The van der Waals surface area contributed by atoms with E-state index in [1.54, 1.807) is 23.5 Å². The molecule has 1 unspecified atom stereocenters. The summed E-state index contributed by atoms with van der Waals surface area (Å²) in [5, 5.41) is 4.84. The molecule has 29 heavy (non-hydrogen) atoms. The Balaban J connectivity index is 1.67. The number of thiophene rings is 1. The number of rotatable bonds is 8. The minimum atomic E-state index is -1.71. The molecule has 148 valence electrons. The summed E-state index contributed by atoms with van der Waals surface area (Å²) in [7, 11) is -1.71. The van der Waals surface area contributed by atoms with Crippen molar-refractivity contribution in [2.45, 2.75) is 13.1 Å². The molecule has 1 aromatic heterocycles. The molecule has 0 aliphatic heterocycles. The molecule has 1 amide bonds. The Labute approximate surface area is 175 Å². The molecule has 3 N–H and O–H groups in total. The highest BCUT2D eigenvalue weighted by Gasteiger charge is 2.17. The Hall–Kier alpha value is -2.79. The van der Waals surface area contributed by atoms with Gasteiger partial charge in [0.15, 0.2) is 0 Å². The average Bonchev–Trinajstić information content (AvgIpc) is 3.23. The van der Waals surface area contributed by atoms with E-state index in [1.807, 2.05) is 60.8 Å². The second kappa shape index (κ2) is 10.1. The number of carbonyl (C=O) groups is 1. The molecule has 2 aromatic carbocycles. The van der Waals surface area contributed by atoms with E-state index in [0.29, 0.717) is 24.1 Å². The Kier molecular flexibility index (Phi) is 7.30. The molecule has 0 bridgehead atoms. The van der Waals surface area contributed by atoms with E-state index in [1.165, 1.54) is 6.08 Å². The van der Waals surface area contributed by atoms with E-state index >= 15 is 0 Å². The van der Waals surface area contributed by atoms with Gasteiger partial charge in [-0.25, -0.2) is 0 Å². The maximum absolute atomic E-state index is 12.4. The highest BCUT2D eigenvalue weighted by atomic mass is 32.1. The summed E-state index contributed by atoms with van der Waals surface area (Å²) < 4.78 is 16.9. The summed E-state index contributed by atoms with van der Waals surface area (Å²) in [6.45, 7) is 2.24. The van der Waals surface area contributed by atoms with Gasteiger partial charge < -0.3 is 11.1 Å². The maximum atomic E-state index is 12.4. The van der Waals surface area contributed by atoms with Crippen LogP contribution in [-0.2, 0) is 20.0 Å². The monoisotopic (exact) mass is 425 g/mol. The van der Waals surface area contributed by atoms with E-state index in [2.05, 4.69) is 5.32 Å². The first kappa shape index (κ1) is 20.9. The molecule has 3 rings (SSSR count). The first-order chi connectivity index (χ1) is 14.0. The van der Waals surface area contributed by atoms with Crippen LogP contribution < -0.4 is 11.1 Å². The minimum Gasteiger partial charge on any atom is -0.397 e. The Morgan fingerprint density at radius 1 is 1.21 bits per heavy atom. The summed E-state index contributed by atoms with van der Waals surface area (Å²) in [5.74, 6) is -0.272. The number of hydrogen-bond acceptors (Lipinski definition) is 5. The van der Waals surface area contributed by atoms with Crippen molar-refractivity contribution in [2.24, 2.45) is 0 Å². The highest BCUT2D eigenvalue weighted by molar-refractivity contribution is 7.38. The minimum absolute atomic E-state index is 0.272. The lowest BCUT2D eigenvalue weighted by Gasteiger charge is -2.08. The van der Waals surface area contributed by atoms with Crippen LogP contribution in [0.4, 0.5) is 11.4 Å². The van der Waals surface area contributed by atoms with Crippen LogP contribution in [0.3, 0.4) is 0 Å². The van der Waals surface area contributed by atoms with Gasteiger partial charge in [-0.05, 0) is 58.3 Å². The van der Waals surface area contributed by atoms with Gasteiger partial charge in [0.2, 0.25) is 12.1 Å². The van der Waals surface area contributed by atoms with Crippen LogP contribution in [-0.4, -0.2) is 12.5 Å². The number of anilines is 2. The van der Waals surface area contributed by atoms with Crippen molar-refractivity contribution in [3.8, 4) is 10.4 Å². The lowest BCUT2D eigenvalue weighted by Crippen LogP contribution is -2.09. The Morgan fingerprint density at radius 3 is 2.83 bits per heavy atom. The standard InChI is InChI=1S/C22H21N2O3PS/c1-2-27-28(26)15-17-6-3-5-16(13-17)8-11-22(25)24-20-14-18(9-10-19(20)23)21-7-4-12-29-21/h3-14H,2,15,23H2,1H3/p+1/b11-8+. The van der Waals surface area contributed by atoms with Crippen molar-refractivity contribution < 1.29 is 13.9 Å². The van der Waals surface area contributed by atoms with Gasteiger partial charge in [0.25, 0.3) is 0 Å². The number of nitrogen functional groups attached to an aromatic ring is 1. The average molecular weight is 425 g/mol. The number of nitrogens with one attached hydrogen (secondary N) is 1. The third-order valence-corrected chi connectivity index (χ3v) is 6.17. The van der Waals surface area contributed by atoms with E-state index in [9.17, 15) is 9.36 Å². The summed E-state index contributed by atoms with van der Waals surface area (Å²) in [6.07, 6.45) is 3.52. The topological polar surface area (TPSA) is 81.4 Å². The smallest absolute Gasteiger partial charge is 0.397 e. The number of amides is 1. The van der Waals surface area contributed by atoms with Gasteiger partial charge in [0.1, 0.15) is 0 Å². The molecule has 0 spiro atoms. The fraction of sp³-hybridized carbons (Fsp3) is 0.136. The van der Waals surface area contributed by atoms with Crippen LogP contribution in [0.5, 0.6) is 0 Å². The van der Waals surface area contributed by atoms with E-state index in [4.69, 9.17) is 10.3 Å². The fourth-order valence-corrected chi connectivity index (χ4v) is 4.34. The third kappa shape index (κ3) is 6.09. The van der Waals surface area contributed by atoms with Crippen molar-refractivity contribution in [3.63, 3.8) is 0 Å². The first-order valence-corrected chi connectivity index (χ1v) is 11.4. The SMILES string of the molecule is CCO[P+](=O)Cc1cccc(/C=C/C(=O)Nc2cc(-c3cccs3)ccc2N)c1. The zero-order valence-corrected chi connectivity index (χ0v) is 17.7. The summed E-state index contributed by atoms with van der Waals surface area (Å²) in [6, 6.07) is 17.1. The van der Waals surface area contributed by atoms with Crippen molar-refractivity contribution in [2.75, 3.05) is 17.7 Å². The normalized spacial score (nSPS) is 11.6.